The van der Waals surface area contributed by atoms with E-state index >= 15 is 0 Å². The van der Waals surface area contributed by atoms with Crippen LogP contribution in [0.2, 0.25) is 0 Å². The summed E-state index contributed by atoms with van der Waals surface area (Å²) in [4.78, 5) is 25.2. The van der Waals surface area contributed by atoms with E-state index in [1.165, 1.54) is 24.0 Å². The van der Waals surface area contributed by atoms with Crippen molar-refractivity contribution >= 4 is 22.8 Å². The molecule has 2 aliphatic rings. The smallest absolute Gasteiger partial charge is 0.322 e. The quantitative estimate of drug-likeness (QED) is 0.477. The third-order valence-corrected chi connectivity index (χ3v) is 6.02. The minimum atomic E-state index is -0.0728. The molecule has 29 heavy (non-hydrogen) atoms. The summed E-state index contributed by atoms with van der Waals surface area (Å²) in [6.45, 7) is 0.591. The molecule has 1 unspecified atom stereocenters. The summed E-state index contributed by atoms with van der Waals surface area (Å²) in [5, 5.41) is 2.98. The van der Waals surface area contributed by atoms with Crippen molar-refractivity contribution < 1.29 is 4.79 Å². The van der Waals surface area contributed by atoms with Gasteiger partial charge in [0.25, 0.3) is 0 Å². The monoisotopic (exact) mass is 383 g/mol. The van der Waals surface area contributed by atoms with Crippen molar-refractivity contribution in [2.75, 3.05) is 11.4 Å². The van der Waals surface area contributed by atoms with E-state index in [1.807, 2.05) is 23.1 Å². The van der Waals surface area contributed by atoms with E-state index < -0.39 is 0 Å². The minimum absolute atomic E-state index is 0.0393. The maximum Gasteiger partial charge on any atom is 0.322 e. The van der Waals surface area contributed by atoms with E-state index in [0.717, 1.165) is 33.9 Å². The number of H-pyrrole nitrogens is 2. The molecule has 2 aromatic heterocycles. The zero-order valence-corrected chi connectivity index (χ0v) is 15.9. The maximum atomic E-state index is 12.6. The summed E-state index contributed by atoms with van der Waals surface area (Å²) in [5.41, 5.74) is 7.54. The number of nitrogens with zero attached hydrogens (tertiary/aromatic N) is 2. The molecule has 0 spiro atoms. The van der Waals surface area contributed by atoms with Gasteiger partial charge < -0.3 is 15.3 Å². The predicted octanol–water partition coefficient (Wildman–Crippen LogP) is 4.71. The zero-order valence-electron chi connectivity index (χ0n) is 15.9. The van der Waals surface area contributed by atoms with Gasteiger partial charge in [0.1, 0.15) is 0 Å². The fourth-order valence-corrected chi connectivity index (χ4v) is 4.25. The first-order valence-electron chi connectivity index (χ1n) is 10.0. The first kappa shape index (κ1) is 16.4. The number of carbonyl (C=O) groups is 1. The van der Waals surface area contributed by atoms with Gasteiger partial charge in [0.05, 0.1) is 23.4 Å². The Morgan fingerprint density at radius 3 is 2.66 bits per heavy atom. The third kappa shape index (κ3) is 2.79. The Hall–Kier alpha value is -3.54. The Kier molecular flexibility index (Phi) is 3.53. The van der Waals surface area contributed by atoms with Crippen molar-refractivity contribution in [2.45, 2.75) is 24.8 Å². The molecule has 6 nitrogen and oxygen atoms in total. The van der Waals surface area contributed by atoms with Crippen LogP contribution >= 0.6 is 0 Å². The van der Waals surface area contributed by atoms with Crippen molar-refractivity contribution in [3.8, 4) is 11.3 Å². The number of carbonyl (C=O) groups excluding carboxylic acids is 1. The molecular formula is C23H21N5O. The first-order chi connectivity index (χ1) is 14.3. The molecule has 6 heteroatoms. The van der Waals surface area contributed by atoms with E-state index in [-0.39, 0.29) is 12.1 Å². The molecule has 1 atom stereocenters. The van der Waals surface area contributed by atoms with Crippen LogP contribution in [0.3, 0.4) is 0 Å². The van der Waals surface area contributed by atoms with Crippen LogP contribution in [0, 0.1) is 0 Å². The molecule has 2 amide bonds. The van der Waals surface area contributed by atoms with E-state index in [9.17, 15) is 4.79 Å². The number of benzene rings is 2. The lowest BCUT2D eigenvalue weighted by molar-refractivity contribution is 0.251. The van der Waals surface area contributed by atoms with Crippen LogP contribution in [0.25, 0.3) is 22.3 Å². The van der Waals surface area contributed by atoms with Crippen LogP contribution in [-0.2, 0) is 0 Å². The number of hydrogen-bond acceptors (Lipinski definition) is 2. The number of fused-ring (bicyclic) bond motifs is 1. The second kappa shape index (κ2) is 6.24. The highest BCUT2D eigenvalue weighted by Gasteiger charge is 2.33. The van der Waals surface area contributed by atoms with Gasteiger partial charge in [-0.2, -0.15) is 0 Å². The highest BCUT2D eigenvalue weighted by Crippen LogP contribution is 2.41. The van der Waals surface area contributed by atoms with Crippen molar-refractivity contribution in [3.05, 3.63) is 72.2 Å². The van der Waals surface area contributed by atoms with Gasteiger partial charge in [-0.25, -0.2) is 9.78 Å². The largest absolute Gasteiger partial charge is 0.361 e. The summed E-state index contributed by atoms with van der Waals surface area (Å²) in [6, 6.07) is 16.5. The van der Waals surface area contributed by atoms with Crippen LogP contribution in [0.4, 0.5) is 10.5 Å². The number of nitrogens with one attached hydrogen (secondary N) is 3. The van der Waals surface area contributed by atoms with Gasteiger partial charge in [-0.1, -0.05) is 24.3 Å². The van der Waals surface area contributed by atoms with Gasteiger partial charge >= 0.3 is 6.03 Å². The number of aromatic amines is 2. The normalized spacial score (nSPS) is 19.1. The summed E-state index contributed by atoms with van der Waals surface area (Å²) >= 11 is 0. The standard InChI is InChI=1S/C23H21N5O/c29-23-25-12-22(28(23)18-7-8-19-21(10-18)27-13-26-19)16-5-3-15(4-6-16)20-9-17(11-24-20)14-1-2-14/h3-11,13-14,22,24H,1-2,12H2,(H,25,29)(H,26,27). The molecule has 144 valence electrons. The van der Waals surface area contributed by atoms with Crippen LogP contribution in [0.15, 0.2) is 61.1 Å². The van der Waals surface area contributed by atoms with E-state index in [4.69, 9.17) is 0 Å². The third-order valence-electron chi connectivity index (χ3n) is 6.02. The van der Waals surface area contributed by atoms with Crippen LogP contribution in [-0.4, -0.2) is 27.5 Å². The molecule has 1 aliphatic heterocycles. The lowest BCUT2D eigenvalue weighted by atomic mass is 10.0. The Bertz CT molecular complexity index is 1200. The zero-order chi connectivity index (χ0) is 19.4. The van der Waals surface area contributed by atoms with E-state index in [1.54, 1.807) is 6.33 Å². The summed E-state index contributed by atoms with van der Waals surface area (Å²) in [7, 11) is 0. The van der Waals surface area contributed by atoms with Gasteiger partial charge in [0.15, 0.2) is 0 Å². The maximum absolute atomic E-state index is 12.6. The first-order valence-corrected chi connectivity index (χ1v) is 10.0. The average molecular weight is 383 g/mol. The molecule has 1 saturated heterocycles. The number of imidazole rings is 1. The number of amides is 2. The fourth-order valence-electron chi connectivity index (χ4n) is 4.25. The van der Waals surface area contributed by atoms with Gasteiger partial charge in [-0.3, -0.25) is 4.90 Å². The van der Waals surface area contributed by atoms with Gasteiger partial charge in [-0.05, 0) is 59.7 Å². The van der Waals surface area contributed by atoms with Crippen molar-refractivity contribution in [3.63, 3.8) is 0 Å². The molecule has 6 rings (SSSR count). The van der Waals surface area contributed by atoms with Crippen molar-refractivity contribution in [2.24, 2.45) is 0 Å². The summed E-state index contributed by atoms with van der Waals surface area (Å²) in [5.74, 6) is 0.746. The molecule has 4 aromatic rings. The van der Waals surface area contributed by atoms with Crippen molar-refractivity contribution in [1.82, 2.24) is 20.3 Å². The summed E-state index contributed by atoms with van der Waals surface area (Å²) in [6.07, 6.45) is 6.41. The Morgan fingerprint density at radius 1 is 0.966 bits per heavy atom. The Balaban J connectivity index is 1.30. The molecule has 2 fully saturated rings. The molecule has 0 radical (unpaired) electrons. The van der Waals surface area contributed by atoms with Crippen LogP contribution < -0.4 is 10.2 Å². The molecule has 2 aromatic carbocycles. The number of aromatic nitrogens is 3. The van der Waals surface area contributed by atoms with Gasteiger partial charge in [-0.15, -0.1) is 0 Å². The Labute approximate surface area is 168 Å². The number of rotatable bonds is 4. The number of anilines is 1. The lowest BCUT2D eigenvalue weighted by Crippen LogP contribution is -2.29. The second-order valence-corrected chi connectivity index (χ2v) is 7.92. The van der Waals surface area contributed by atoms with E-state index in [2.05, 4.69) is 56.8 Å². The average Bonchev–Trinajstić information content (AvgIpc) is 3.15. The predicted molar refractivity (Wildman–Crippen MR) is 113 cm³/mol. The second-order valence-electron chi connectivity index (χ2n) is 7.92. The van der Waals surface area contributed by atoms with E-state index in [0.29, 0.717) is 6.54 Å². The minimum Gasteiger partial charge on any atom is -0.361 e. The fraction of sp³-hybridized carbons (Fsp3) is 0.217. The van der Waals surface area contributed by atoms with Crippen LogP contribution in [0.1, 0.15) is 35.9 Å². The molecule has 1 aliphatic carbocycles. The highest BCUT2D eigenvalue weighted by atomic mass is 16.2. The Morgan fingerprint density at radius 2 is 1.83 bits per heavy atom. The molecule has 0 bridgehead atoms. The number of urea groups is 1. The highest BCUT2D eigenvalue weighted by molar-refractivity contribution is 5.97. The lowest BCUT2D eigenvalue weighted by Gasteiger charge is -2.23. The molecular weight excluding hydrogens is 362 g/mol. The van der Waals surface area contributed by atoms with Gasteiger partial charge in [0, 0.05) is 24.1 Å². The molecule has 3 N–H and O–H groups in total. The van der Waals surface area contributed by atoms with Crippen LogP contribution in [0.5, 0.6) is 0 Å². The molecule has 1 saturated carbocycles. The number of hydrogen-bond donors (Lipinski definition) is 3. The summed E-state index contributed by atoms with van der Waals surface area (Å²) < 4.78 is 0. The van der Waals surface area contributed by atoms with Gasteiger partial charge in [0.2, 0.25) is 0 Å². The molecule has 3 heterocycles. The topological polar surface area (TPSA) is 76.8 Å². The SMILES string of the molecule is O=C1NCC(c2ccc(-c3cc(C4CC4)c[nH]3)cc2)N1c1ccc2nc[nH]c2c1. The van der Waals surface area contributed by atoms with Crippen molar-refractivity contribution in [1.29, 1.82) is 0 Å².